The molecule has 0 unspecified atom stereocenters. The zero-order valence-electron chi connectivity index (χ0n) is 11.9. The van der Waals surface area contributed by atoms with Crippen molar-refractivity contribution in [1.82, 2.24) is 0 Å². The van der Waals surface area contributed by atoms with Crippen LogP contribution in [0.15, 0.2) is 58.3 Å². The predicted molar refractivity (Wildman–Crippen MR) is 85.8 cm³/mol. The lowest BCUT2D eigenvalue weighted by atomic mass is 10.1. The van der Waals surface area contributed by atoms with Gasteiger partial charge in [-0.2, -0.15) is 0 Å². The highest BCUT2D eigenvalue weighted by molar-refractivity contribution is 8.00. The van der Waals surface area contributed by atoms with Crippen molar-refractivity contribution in [3.05, 3.63) is 59.7 Å². The highest BCUT2D eigenvalue weighted by Gasteiger charge is 2.10. The molecule has 0 fully saturated rings. The minimum absolute atomic E-state index is 0.0133. The third-order valence-electron chi connectivity index (χ3n) is 3.00. The molecular formula is C16H16O3S2. The van der Waals surface area contributed by atoms with E-state index in [9.17, 15) is 13.2 Å². The minimum Gasteiger partial charge on any atom is -0.293 e. The van der Waals surface area contributed by atoms with E-state index in [-0.39, 0.29) is 10.7 Å². The second kappa shape index (κ2) is 6.45. The summed E-state index contributed by atoms with van der Waals surface area (Å²) < 4.78 is 22.7. The maximum atomic E-state index is 12.1. The zero-order valence-corrected chi connectivity index (χ0v) is 13.5. The quantitative estimate of drug-likeness (QED) is 0.626. The van der Waals surface area contributed by atoms with Crippen LogP contribution >= 0.6 is 11.8 Å². The van der Waals surface area contributed by atoms with E-state index in [1.54, 1.807) is 12.1 Å². The third-order valence-corrected chi connectivity index (χ3v) is 5.14. The van der Waals surface area contributed by atoms with Crippen LogP contribution in [0, 0.1) is 6.92 Å². The lowest BCUT2D eigenvalue weighted by molar-refractivity contribution is 0.102. The number of sulfone groups is 1. The smallest absolute Gasteiger partial charge is 0.175 e. The van der Waals surface area contributed by atoms with E-state index in [1.807, 2.05) is 31.2 Å². The standard InChI is InChI=1S/C16H16O3S2/c1-12-3-7-14(8-4-12)20-11-16(17)13-5-9-15(10-6-13)21(2,18)19/h3-10H,11H2,1-2H3. The van der Waals surface area contributed by atoms with E-state index in [2.05, 4.69) is 0 Å². The highest BCUT2D eigenvalue weighted by atomic mass is 32.2. The number of rotatable bonds is 5. The maximum Gasteiger partial charge on any atom is 0.175 e. The van der Waals surface area contributed by atoms with Crippen molar-refractivity contribution in [2.75, 3.05) is 12.0 Å². The van der Waals surface area contributed by atoms with Crippen molar-refractivity contribution in [3.8, 4) is 0 Å². The first-order valence-electron chi connectivity index (χ1n) is 6.39. The Morgan fingerprint density at radius 3 is 2.10 bits per heavy atom. The van der Waals surface area contributed by atoms with Gasteiger partial charge in [-0.05, 0) is 31.2 Å². The monoisotopic (exact) mass is 320 g/mol. The first-order valence-corrected chi connectivity index (χ1v) is 9.27. The Morgan fingerprint density at radius 2 is 1.57 bits per heavy atom. The number of hydrogen-bond donors (Lipinski definition) is 0. The number of benzene rings is 2. The van der Waals surface area contributed by atoms with Crippen molar-refractivity contribution < 1.29 is 13.2 Å². The first kappa shape index (κ1) is 15.8. The van der Waals surface area contributed by atoms with Gasteiger partial charge in [0.05, 0.1) is 10.6 Å². The number of ketones is 1. The van der Waals surface area contributed by atoms with E-state index in [0.717, 1.165) is 11.2 Å². The Bertz CT molecular complexity index is 730. The van der Waals surface area contributed by atoms with Gasteiger partial charge in [0.1, 0.15) is 0 Å². The molecule has 110 valence electrons. The second-order valence-electron chi connectivity index (χ2n) is 4.82. The molecule has 0 bridgehead atoms. The van der Waals surface area contributed by atoms with Gasteiger partial charge in [0.25, 0.3) is 0 Å². The summed E-state index contributed by atoms with van der Waals surface area (Å²) in [5, 5.41) is 0. The lowest BCUT2D eigenvalue weighted by Gasteiger charge is -2.03. The van der Waals surface area contributed by atoms with Crippen LogP contribution in [0.2, 0.25) is 0 Å². The van der Waals surface area contributed by atoms with E-state index in [4.69, 9.17) is 0 Å². The summed E-state index contributed by atoms with van der Waals surface area (Å²) in [7, 11) is -3.22. The summed E-state index contributed by atoms with van der Waals surface area (Å²) in [6.07, 6.45) is 1.15. The number of carbonyl (C=O) groups excluding carboxylic acids is 1. The molecule has 5 heteroatoms. The summed E-state index contributed by atoms with van der Waals surface area (Å²) in [6.45, 7) is 2.02. The molecular weight excluding hydrogens is 304 g/mol. The molecule has 0 atom stereocenters. The van der Waals surface area contributed by atoms with Gasteiger partial charge in [-0.3, -0.25) is 4.79 Å². The van der Waals surface area contributed by atoms with Crippen molar-refractivity contribution >= 4 is 27.4 Å². The normalized spacial score (nSPS) is 11.3. The summed E-state index contributed by atoms with van der Waals surface area (Å²) in [6, 6.07) is 14.1. The molecule has 0 amide bonds. The highest BCUT2D eigenvalue weighted by Crippen LogP contribution is 2.20. The molecule has 0 radical (unpaired) electrons. The van der Waals surface area contributed by atoms with Crippen molar-refractivity contribution in [1.29, 1.82) is 0 Å². The van der Waals surface area contributed by atoms with Gasteiger partial charge in [-0.25, -0.2) is 8.42 Å². The summed E-state index contributed by atoms with van der Waals surface area (Å²) in [5.74, 6) is 0.321. The Hall–Kier alpha value is -1.59. The number of carbonyl (C=O) groups is 1. The Kier molecular flexibility index (Phi) is 4.85. The molecule has 0 spiro atoms. The predicted octanol–water partition coefficient (Wildman–Crippen LogP) is 3.37. The van der Waals surface area contributed by atoms with Gasteiger partial charge in [-0.15, -0.1) is 11.8 Å². The van der Waals surface area contributed by atoms with Crippen LogP contribution in [0.25, 0.3) is 0 Å². The van der Waals surface area contributed by atoms with Gasteiger partial charge in [0, 0.05) is 16.7 Å². The van der Waals surface area contributed by atoms with Crippen LogP contribution in [0.3, 0.4) is 0 Å². The number of hydrogen-bond acceptors (Lipinski definition) is 4. The Labute approximate surface area is 129 Å². The van der Waals surface area contributed by atoms with Crippen LogP contribution in [-0.4, -0.2) is 26.2 Å². The van der Waals surface area contributed by atoms with Crippen molar-refractivity contribution in [2.45, 2.75) is 16.7 Å². The minimum atomic E-state index is -3.22. The Balaban J connectivity index is 2.02. The molecule has 0 saturated heterocycles. The number of Topliss-reactive ketones (excluding diaryl/α,β-unsaturated/α-hetero) is 1. The molecule has 2 aromatic carbocycles. The second-order valence-corrected chi connectivity index (χ2v) is 7.89. The molecule has 0 aliphatic rings. The average Bonchev–Trinajstić information content (AvgIpc) is 2.45. The van der Waals surface area contributed by atoms with Crippen LogP contribution in [0.1, 0.15) is 15.9 Å². The van der Waals surface area contributed by atoms with Gasteiger partial charge < -0.3 is 0 Å². The molecule has 0 aromatic heterocycles. The Morgan fingerprint density at radius 1 is 1.00 bits per heavy atom. The number of aryl methyl sites for hydroxylation is 1. The molecule has 0 saturated carbocycles. The fourth-order valence-corrected chi connectivity index (χ4v) is 3.18. The largest absolute Gasteiger partial charge is 0.293 e. The third kappa shape index (κ3) is 4.44. The molecule has 0 N–H and O–H groups in total. The maximum absolute atomic E-state index is 12.1. The summed E-state index contributed by atoms with van der Waals surface area (Å²) in [5.41, 5.74) is 1.71. The molecule has 0 aliphatic heterocycles. The van der Waals surface area contributed by atoms with E-state index in [0.29, 0.717) is 11.3 Å². The summed E-state index contributed by atoms with van der Waals surface area (Å²) in [4.78, 5) is 13.3. The van der Waals surface area contributed by atoms with Gasteiger partial charge in [0.2, 0.25) is 0 Å². The fraction of sp³-hybridized carbons (Fsp3) is 0.188. The van der Waals surface area contributed by atoms with Crippen LogP contribution < -0.4 is 0 Å². The topological polar surface area (TPSA) is 51.2 Å². The molecule has 2 aromatic rings. The van der Waals surface area contributed by atoms with Gasteiger partial charge >= 0.3 is 0 Å². The number of thioether (sulfide) groups is 1. The average molecular weight is 320 g/mol. The molecule has 2 rings (SSSR count). The molecule has 0 aliphatic carbocycles. The molecule has 21 heavy (non-hydrogen) atoms. The lowest BCUT2D eigenvalue weighted by Crippen LogP contribution is -2.03. The molecule has 3 nitrogen and oxygen atoms in total. The fourth-order valence-electron chi connectivity index (χ4n) is 1.75. The zero-order chi connectivity index (χ0) is 15.5. The van der Waals surface area contributed by atoms with E-state index < -0.39 is 9.84 Å². The van der Waals surface area contributed by atoms with Crippen LogP contribution in [-0.2, 0) is 9.84 Å². The van der Waals surface area contributed by atoms with Crippen molar-refractivity contribution in [2.24, 2.45) is 0 Å². The SMILES string of the molecule is Cc1ccc(SCC(=O)c2ccc(S(C)(=O)=O)cc2)cc1. The van der Waals surface area contributed by atoms with Crippen molar-refractivity contribution in [3.63, 3.8) is 0 Å². The van der Waals surface area contributed by atoms with E-state index >= 15 is 0 Å². The molecule has 0 heterocycles. The summed E-state index contributed by atoms with van der Waals surface area (Å²) >= 11 is 1.47. The van der Waals surface area contributed by atoms with Crippen LogP contribution in [0.5, 0.6) is 0 Å². The van der Waals surface area contributed by atoms with E-state index in [1.165, 1.54) is 29.5 Å². The van der Waals surface area contributed by atoms with Gasteiger partial charge in [-0.1, -0.05) is 29.8 Å². The van der Waals surface area contributed by atoms with Crippen LogP contribution in [0.4, 0.5) is 0 Å². The van der Waals surface area contributed by atoms with Gasteiger partial charge in [0.15, 0.2) is 15.6 Å². The first-order chi connectivity index (χ1) is 9.86.